The van der Waals surface area contributed by atoms with Crippen LogP contribution in [-0.2, 0) is 15.8 Å². The number of halogens is 3. The standard InChI is InChI=1S/C12H9F3O3/c1-7(16)10(11(17)18)6-8-3-2-4-9(5-8)12(13,14)15/h2-6H,1H3,(H,17,18)/b10-6-. The van der Waals surface area contributed by atoms with Crippen LogP contribution in [0.2, 0.25) is 0 Å². The van der Waals surface area contributed by atoms with Crippen LogP contribution in [0.4, 0.5) is 13.2 Å². The van der Waals surface area contributed by atoms with Gasteiger partial charge in [-0.15, -0.1) is 0 Å². The molecule has 0 aliphatic carbocycles. The summed E-state index contributed by atoms with van der Waals surface area (Å²) in [4.78, 5) is 21.7. The Hall–Kier alpha value is -2.11. The zero-order chi connectivity index (χ0) is 13.9. The summed E-state index contributed by atoms with van der Waals surface area (Å²) in [5.41, 5.74) is -1.45. The van der Waals surface area contributed by atoms with Crippen molar-refractivity contribution in [1.29, 1.82) is 0 Å². The predicted molar refractivity (Wildman–Crippen MR) is 57.7 cm³/mol. The fourth-order valence-electron chi connectivity index (χ4n) is 1.29. The van der Waals surface area contributed by atoms with E-state index in [-0.39, 0.29) is 5.56 Å². The van der Waals surface area contributed by atoms with Crippen LogP contribution in [0.3, 0.4) is 0 Å². The first kappa shape index (κ1) is 14.0. The fourth-order valence-corrected chi connectivity index (χ4v) is 1.29. The lowest BCUT2D eigenvalue weighted by Crippen LogP contribution is -2.09. The van der Waals surface area contributed by atoms with E-state index < -0.39 is 29.1 Å². The minimum Gasteiger partial charge on any atom is -0.478 e. The fraction of sp³-hybridized carbons (Fsp3) is 0.167. The number of aliphatic carboxylic acids is 1. The molecule has 0 heterocycles. The Kier molecular flexibility index (Phi) is 3.90. The molecular formula is C12H9F3O3. The number of benzene rings is 1. The first-order chi connectivity index (χ1) is 8.21. The third kappa shape index (κ3) is 3.44. The molecule has 96 valence electrons. The normalized spacial score (nSPS) is 12.3. The van der Waals surface area contributed by atoms with Gasteiger partial charge in [-0.05, 0) is 30.7 Å². The predicted octanol–water partition coefficient (Wildman–Crippen LogP) is 2.76. The van der Waals surface area contributed by atoms with Crippen LogP contribution >= 0.6 is 0 Å². The molecule has 0 aromatic heterocycles. The smallest absolute Gasteiger partial charge is 0.416 e. The first-order valence-electron chi connectivity index (χ1n) is 4.85. The minimum absolute atomic E-state index is 0.0115. The highest BCUT2D eigenvalue weighted by Crippen LogP contribution is 2.29. The number of alkyl halides is 3. The molecule has 0 bridgehead atoms. The maximum absolute atomic E-state index is 12.4. The summed E-state index contributed by atoms with van der Waals surface area (Å²) in [6.07, 6.45) is -3.59. The van der Waals surface area contributed by atoms with Crippen molar-refractivity contribution in [1.82, 2.24) is 0 Å². The molecule has 0 spiro atoms. The number of hydrogen-bond acceptors (Lipinski definition) is 2. The molecule has 1 aromatic carbocycles. The van der Waals surface area contributed by atoms with E-state index in [1.165, 1.54) is 6.07 Å². The lowest BCUT2D eigenvalue weighted by atomic mass is 10.1. The molecule has 18 heavy (non-hydrogen) atoms. The Balaban J connectivity index is 3.23. The van der Waals surface area contributed by atoms with Gasteiger partial charge in [0.2, 0.25) is 0 Å². The maximum Gasteiger partial charge on any atom is 0.416 e. The minimum atomic E-state index is -4.51. The molecule has 3 nitrogen and oxygen atoms in total. The van der Waals surface area contributed by atoms with Gasteiger partial charge in [-0.2, -0.15) is 13.2 Å². The van der Waals surface area contributed by atoms with Crippen molar-refractivity contribution in [2.75, 3.05) is 0 Å². The second-order valence-corrected chi connectivity index (χ2v) is 3.54. The first-order valence-corrected chi connectivity index (χ1v) is 4.85. The van der Waals surface area contributed by atoms with E-state index in [9.17, 15) is 22.8 Å². The van der Waals surface area contributed by atoms with Crippen molar-refractivity contribution < 1.29 is 27.9 Å². The SMILES string of the molecule is CC(=O)/C(=C/c1cccc(C(F)(F)F)c1)C(=O)O. The second-order valence-electron chi connectivity index (χ2n) is 3.54. The van der Waals surface area contributed by atoms with Crippen LogP contribution in [-0.4, -0.2) is 16.9 Å². The van der Waals surface area contributed by atoms with Gasteiger partial charge < -0.3 is 5.11 Å². The molecule has 0 unspecified atom stereocenters. The monoisotopic (exact) mass is 258 g/mol. The number of ketones is 1. The summed E-state index contributed by atoms with van der Waals surface area (Å²) < 4.78 is 37.3. The number of hydrogen-bond donors (Lipinski definition) is 1. The maximum atomic E-state index is 12.4. The summed E-state index contributed by atoms with van der Waals surface area (Å²) in [7, 11) is 0. The van der Waals surface area contributed by atoms with E-state index in [0.29, 0.717) is 0 Å². The van der Waals surface area contributed by atoms with Gasteiger partial charge in [-0.3, -0.25) is 4.79 Å². The highest BCUT2D eigenvalue weighted by atomic mass is 19.4. The highest BCUT2D eigenvalue weighted by molar-refractivity contribution is 6.19. The van der Waals surface area contributed by atoms with Gasteiger partial charge in [0.1, 0.15) is 5.57 Å². The third-order valence-electron chi connectivity index (χ3n) is 2.13. The van der Waals surface area contributed by atoms with Gasteiger partial charge in [0.05, 0.1) is 5.56 Å². The molecule has 1 N–H and O–H groups in total. The van der Waals surface area contributed by atoms with Crippen molar-refractivity contribution in [3.8, 4) is 0 Å². The lowest BCUT2D eigenvalue weighted by molar-refractivity contribution is -0.137. The van der Waals surface area contributed by atoms with Crippen molar-refractivity contribution in [3.05, 3.63) is 41.0 Å². The summed E-state index contributed by atoms with van der Waals surface area (Å²) >= 11 is 0. The summed E-state index contributed by atoms with van der Waals surface area (Å²) in [6.45, 7) is 1.04. The van der Waals surface area contributed by atoms with Gasteiger partial charge in [-0.25, -0.2) is 4.79 Å². The van der Waals surface area contributed by atoms with E-state index in [2.05, 4.69) is 0 Å². The Labute approximate surface area is 101 Å². The van der Waals surface area contributed by atoms with Crippen LogP contribution in [0.25, 0.3) is 6.08 Å². The van der Waals surface area contributed by atoms with Crippen LogP contribution in [0.5, 0.6) is 0 Å². The zero-order valence-corrected chi connectivity index (χ0v) is 9.28. The topological polar surface area (TPSA) is 54.4 Å². The van der Waals surface area contributed by atoms with Gasteiger partial charge in [0.15, 0.2) is 5.78 Å². The number of carbonyl (C=O) groups excluding carboxylic acids is 1. The van der Waals surface area contributed by atoms with Crippen LogP contribution in [0.1, 0.15) is 18.1 Å². The Bertz CT molecular complexity index is 500. The molecule has 0 saturated heterocycles. The average molecular weight is 258 g/mol. The molecule has 0 radical (unpaired) electrons. The van der Waals surface area contributed by atoms with E-state index >= 15 is 0 Å². The zero-order valence-electron chi connectivity index (χ0n) is 9.28. The van der Waals surface area contributed by atoms with Crippen molar-refractivity contribution in [2.24, 2.45) is 0 Å². The molecule has 0 aliphatic heterocycles. The molecule has 0 amide bonds. The van der Waals surface area contributed by atoms with Crippen LogP contribution < -0.4 is 0 Å². The number of Topliss-reactive ketones (excluding diaryl/α,β-unsaturated/α-hetero) is 1. The van der Waals surface area contributed by atoms with Crippen LogP contribution in [0.15, 0.2) is 29.8 Å². The second kappa shape index (κ2) is 5.03. The van der Waals surface area contributed by atoms with E-state index in [4.69, 9.17) is 5.11 Å². The summed E-state index contributed by atoms with van der Waals surface area (Å²) in [5.74, 6) is -2.19. The third-order valence-corrected chi connectivity index (χ3v) is 2.13. The van der Waals surface area contributed by atoms with Crippen LogP contribution in [0, 0.1) is 0 Å². The van der Waals surface area contributed by atoms with Gasteiger partial charge >= 0.3 is 12.1 Å². The summed E-state index contributed by atoms with van der Waals surface area (Å²) in [5, 5.41) is 8.72. The van der Waals surface area contributed by atoms with Crippen molar-refractivity contribution >= 4 is 17.8 Å². The Morgan fingerprint density at radius 1 is 1.28 bits per heavy atom. The van der Waals surface area contributed by atoms with Gasteiger partial charge in [0, 0.05) is 0 Å². The molecule has 0 fully saturated rings. The molecule has 1 rings (SSSR count). The molecule has 0 atom stereocenters. The molecule has 0 saturated carbocycles. The molecule has 6 heteroatoms. The van der Waals surface area contributed by atoms with E-state index in [0.717, 1.165) is 31.2 Å². The van der Waals surface area contributed by atoms with Crippen molar-refractivity contribution in [3.63, 3.8) is 0 Å². The Morgan fingerprint density at radius 3 is 2.33 bits per heavy atom. The van der Waals surface area contributed by atoms with E-state index in [1.54, 1.807) is 0 Å². The van der Waals surface area contributed by atoms with Gasteiger partial charge in [-0.1, -0.05) is 12.1 Å². The lowest BCUT2D eigenvalue weighted by Gasteiger charge is -2.07. The molecule has 1 aromatic rings. The number of carboxylic acid groups (broad SMARTS) is 1. The number of carbonyl (C=O) groups is 2. The molecular weight excluding hydrogens is 249 g/mol. The average Bonchev–Trinajstić information content (AvgIpc) is 2.24. The Morgan fingerprint density at radius 2 is 1.89 bits per heavy atom. The summed E-state index contributed by atoms with van der Waals surface area (Å²) in [6, 6.07) is 4.09. The van der Waals surface area contributed by atoms with Crippen molar-refractivity contribution in [2.45, 2.75) is 13.1 Å². The number of carboxylic acids is 1. The van der Waals surface area contributed by atoms with Gasteiger partial charge in [0.25, 0.3) is 0 Å². The number of rotatable bonds is 3. The largest absolute Gasteiger partial charge is 0.478 e. The molecule has 0 aliphatic rings. The quantitative estimate of drug-likeness (QED) is 0.515. The highest BCUT2D eigenvalue weighted by Gasteiger charge is 2.30. The van der Waals surface area contributed by atoms with E-state index in [1.807, 2.05) is 0 Å².